The summed E-state index contributed by atoms with van der Waals surface area (Å²) in [5.74, 6) is 0. The summed E-state index contributed by atoms with van der Waals surface area (Å²) < 4.78 is 0. The summed E-state index contributed by atoms with van der Waals surface area (Å²) in [6, 6.07) is 1.98. The molecule has 0 spiro atoms. The van der Waals surface area contributed by atoms with Gasteiger partial charge in [-0.2, -0.15) is 0 Å². The predicted molar refractivity (Wildman–Crippen MR) is 51.2 cm³/mol. The summed E-state index contributed by atoms with van der Waals surface area (Å²) in [7, 11) is 0. The van der Waals surface area contributed by atoms with E-state index in [9.17, 15) is 4.79 Å². The molecule has 12 heavy (non-hydrogen) atoms. The van der Waals surface area contributed by atoms with Crippen LogP contribution in [0.3, 0.4) is 0 Å². The molecule has 64 valence electrons. The number of rotatable bonds is 2. The van der Waals surface area contributed by atoms with Gasteiger partial charge in [-0.1, -0.05) is 0 Å². The fraction of sp³-hybridized carbons (Fsp3) is 0.444. The Bertz CT molecular complexity index is 276. The van der Waals surface area contributed by atoms with Crippen molar-refractivity contribution in [2.45, 2.75) is 12.8 Å². The van der Waals surface area contributed by atoms with E-state index in [0.717, 1.165) is 24.9 Å². The summed E-state index contributed by atoms with van der Waals surface area (Å²) in [6.45, 7) is 2.30. The SMILES string of the molecule is O=Cc1csc(N2CCCC2)c1. The lowest BCUT2D eigenvalue weighted by molar-refractivity contribution is 0.112. The van der Waals surface area contributed by atoms with Crippen molar-refractivity contribution in [3.8, 4) is 0 Å². The highest BCUT2D eigenvalue weighted by Gasteiger charge is 2.13. The Morgan fingerprint density at radius 2 is 2.17 bits per heavy atom. The Morgan fingerprint density at radius 3 is 2.75 bits per heavy atom. The minimum Gasteiger partial charge on any atom is -0.363 e. The number of hydrogen-bond donors (Lipinski definition) is 0. The third kappa shape index (κ3) is 1.37. The molecule has 1 aromatic rings. The normalized spacial score (nSPS) is 16.8. The van der Waals surface area contributed by atoms with Crippen LogP contribution in [0.2, 0.25) is 0 Å². The van der Waals surface area contributed by atoms with Crippen molar-refractivity contribution in [3.05, 3.63) is 17.0 Å². The maximum Gasteiger partial charge on any atom is 0.150 e. The molecule has 0 N–H and O–H groups in total. The van der Waals surface area contributed by atoms with Gasteiger partial charge in [-0.15, -0.1) is 11.3 Å². The molecule has 1 saturated heterocycles. The number of aldehydes is 1. The van der Waals surface area contributed by atoms with Gasteiger partial charge in [0.05, 0.1) is 5.00 Å². The molecule has 0 amide bonds. The molecule has 0 radical (unpaired) electrons. The lowest BCUT2D eigenvalue weighted by atomic mass is 10.4. The van der Waals surface area contributed by atoms with Crippen LogP contribution < -0.4 is 4.90 Å². The van der Waals surface area contributed by atoms with Gasteiger partial charge in [0.25, 0.3) is 0 Å². The van der Waals surface area contributed by atoms with Gasteiger partial charge in [0, 0.05) is 24.0 Å². The van der Waals surface area contributed by atoms with E-state index in [-0.39, 0.29) is 0 Å². The quantitative estimate of drug-likeness (QED) is 0.652. The number of nitrogens with zero attached hydrogens (tertiary/aromatic N) is 1. The summed E-state index contributed by atoms with van der Waals surface area (Å²) in [4.78, 5) is 12.8. The molecule has 1 aliphatic heterocycles. The van der Waals surface area contributed by atoms with Crippen LogP contribution in [0.15, 0.2) is 11.4 Å². The van der Waals surface area contributed by atoms with Crippen LogP contribution in [0, 0.1) is 0 Å². The second-order valence-electron chi connectivity index (χ2n) is 3.03. The van der Waals surface area contributed by atoms with Crippen LogP contribution in [-0.2, 0) is 0 Å². The zero-order valence-corrected chi connectivity index (χ0v) is 7.64. The molecule has 3 heteroatoms. The van der Waals surface area contributed by atoms with Gasteiger partial charge in [0.1, 0.15) is 0 Å². The van der Waals surface area contributed by atoms with Crippen LogP contribution >= 0.6 is 11.3 Å². The second kappa shape index (κ2) is 3.27. The molecule has 2 rings (SSSR count). The first-order chi connectivity index (χ1) is 5.90. The van der Waals surface area contributed by atoms with Crippen LogP contribution in [0.5, 0.6) is 0 Å². The van der Waals surface area contributed by atoms with Crippen molar-refractivity contribution >= 4 is 22.6 Å². The third-order valence-electron chi connectivity index (χ3n) is 2.16. The molecule has 0 atom stereocenters. The molecular formula is C9H11NOS. The van der Waals surface area contributed by atoms with Crippen LogP contribution in [0.1, 0.15) is 23.2 Å². The minimum absolute atomic E-state index is 0.807. The van der Waals surface area contributed by atoms with E-state index in [1.807, 2.05) is 11.4 Å². The highest BCUT2D eigenvalue weighted by atomic mass is 32.1. The molecule has 1 aromatic heterocycles. The van der Waals surface area contributed by atoms with E-state index in [2.05, 4.69) is 4.90 Å². The number of anilines is 1. The second-order valence-corrected chi connectivity index (χ2v) is 3.92. The maximum atomic E-state index is 10.4. The van der Waals surface area contributed by atoms with E-state index in [1.54, 1.807) is 11.3 Å². The van der Waals surface area contributed by atoms with Crippen LogP contribution in [0.4, 0.5) is 5.00 Å². The first-order valence-electron chi connectivity index (χ1n) is 4.19. The lowest BCUT2D eigenvalue weighted by Gasteiger charge is -2.13. The Balaban J connectivity index is 2.16. The summed E-state index contributed by atoms with van der Waals surface area (Å²) >= 11 is 1.67. The van der Waals surface area contributed by atoms with Crippen LogP contribution in [-0.4, -0.2) is 19.4 Å². The predicted octanol–water partition coefficient (Wildman–Crippen LogP) is 2.16. The molecule has 0 saturated carbocycles. The summed E-state index contributed by atoms with van der Waals surface area (Å²) in [6.07, 6.45) is 3.48. The van der Waals surface area contributed by atoms with Crippen molar-refractivity contribution in [2.75, 3.05) is 18.0 Å². The monoisotopic (exact) mass is 181 g/mol. The van der Waals surface area contributed by atoms with Crippen molar-refractivity contribution in [1.29, 1.82) is 0 Å². The average Bonchev–Trinajstić information content (AvgIpc) is 2.75. The Labute approximate surface area is 75.8 Å². The van der Waals surface area contributed by atoms with Crippen molar-refractivity contribution in [1.82, 2.24) is 0 Å². The topological polar surface area (TPSA) is 20.3 Å². The lowest BCUT2D eigenvalue weighted by Crippen LogP contribution is -2.15. The molecule has 0 aromatic carbocycles. The van der Waals surface area contributed by atoms with Gasteiger partial charge in [0.2, 0.25) is 0 Å². The molecule has 2 nitrogen and oxygen atoms in total. The fourth-order valence-corrected chi connectivity index (χ4v) is 2.42. The minimum atomic E-state index is 0.807. The van der Waals surface area contributed by atoms with Crippen molar-refractivity contribution in [3.63, 3.8) is 0 Å². The van der Waals surface area contributed by atoms with Gasteiger partial charge in [0.15, 0.2) is 6.29 Å². The van der Waals surface area contributed by atoms with Crippen molar-refractivity contribution in [2.24, 2.45) is 0 Å². The number of carbonyl (C=O) groups is 1. The summed E-state index contributed by atoms with van der Waals surface area (Å²) in [5, 5.41) is 3.16. The largest absolute Gasteiger partial charge is 0.363 e. The molecule has 1 fully saturated rings. The van der Waals surface area contributed by atoms with E-state index < -0.39 is 0 Å². The number of hydrogen-bond acceptors (Lipinski definition) is 3. The third-order valence-corrected chi connectivity index (χ3v) is 3.17. The maximum absolute atomic E-state index is 10.4. The Hall–Kier alpha value is -0.830. The van der Waals surface area contributed by atoms with E-state index in [0.29, 0.717) is 0 Å². The number of thiophene rings is 1. The van der Waals surface area contributed by atoms with E-state index >= 15 is 0 Å². The van der Waals surface area contributed by atoms with Crippen molar-refractivity contribution < 1.29 is 4.79 Å². The molecule has 1 aliphatic rings. The van der Waals surface area contributed by atoms with E-state index in [4.69, 9.17) is 0 Å². The zero-order chi connectivity index (χ0) is 8.39. The first kappa shape index (κ1) is 7.80. The fourth-order valence-electron chi connectivity index (χ4n) is 1.50. The van der Waals surface area contributed by atoms with E-state index in [1.165, 1.54) is 17.8 Å². The summed E-state index contributed by atoms with van der Waals surface area (Å²) in [5.41, 5.74) is 0.807. The highest BCUT2D eigenvalue weighted by Crippen LogP contribution is 2.26. The first-order valence-corrected chi connectivity index (χ1v) is 5.07. The van der Waals surface area contributed by atoms with Gasteiger partial charge in [-0.05, 0) is 18.9 Å². The standard InChI is InChI=1S/C9H11NOS/c11-6-8-5-9(12-7-8)10-3-1-2-4-10/h5-7H,1-4H2. The average molecular weight is 181 g/mol. The smallest absolute Gasteiger partial charge is 0.150 e. The molecule has 0 bridgehead atoms. The molecule has 0 unspecified atom stereocenters. The molecule has 2 heterocycles. The highest BCUT2D eigenvalue weighted by molar-refractivity contribution is 7.14. The van der Waals surface area contributed by atoms with Gasteiger partial charge in [-0.25, -0.2) is 0 Å². The Kier molecular flexibility index (Phi) is 2.13. The zero-order valence-electron chi connectivity index (χ0n) is 6.82. The van der Waals surface area contributed by atoms with Gasteiger partial charge >= 0.3 is 0 Å². The van der Waals surface area contributed by atoms with Gasteiger partial charge in [-0.3, -0.25) is 4.79 Å². The number of carbonyl (C=O) groups excluding carboxylic acids is 1. The van der Waals surface area contributed by atoms with Crippen LogP contribution in [0.25, 0.3) is 0 Å². The molecule has 0 aliphatic carbocycles. The van der Waals surface area contributed by atoms with Gasteiger partial charge < -0.3 is 4.90 Å². The Morgan fingerprint density at radius 1 is 1.42 bits per heavy atom. The molecular weight excluding hydrogens is 170 g/mol.